The molecule has 2 aromatic rings. The maximum absolute atomic E-state index is 4.42. The predicted octanol–water partition coefficient (Wildman–Crippen LogP) is 2.15. The molecule has 2 bridgehead atoms. The van der Waals surface area contributed by atoms with E-state index in [1.165, 1.54) is 30.6 Å². The number of aromatic nitrogens is 2. The predicted molar refractivity (Wildman–Crippen MR) is 67.1 cm³/mol. The Balaban J connectivity index is 1.95. The minimum absolute atomic E-state index is 0.708. The van der Waals surface area contributed by atoms with Crippen LogP contribution in [0.15, 0.2) is 24.5 Å². The van der Waals surface area contributed by atoms with Gasteiger partial charge in [-0.25, -0.2) is 0 Å². The summed E-state index contributed by atoms with van der Waals surface area (Å²) in [6, 6.07) is 4.53. The SMILES string of the molecule is CN1CC2C[C@H](C1)c1cc3nccnc3cc12. The molecule has 1 unspecified atom stereocenters. The summed E-state index contributed by atoms with van der Waals surface area (Å²) in [5.41, 5.74) is 5.13. The number of fused-ring (bicyclic) bond motifs is 6. The van der Waals surface area contributed by atoms with Crippen LogP contribution < -0.4 is 0 Å². The van der Waals surface area contributed by atoms with Crippen molar-refractivity contribution in [2.24, 2.45) is 0 Å². The van der Waals surface area contributed by atoms with Crippen LogP contribution in [0.1, 0.15) is 29.4 Å². The van der Waals surface area contributed by atoms with E-state index < -0.39 is 0 Å². The fourth-order valence-electron chi connectivity index (χ4n) is 3.52. The van der Waals surface area contributed by atoms with Crippen LogP contribution >= 0.6 is 0 Å². The Morgan fingerprint density at radius 3 is 2.06 bits per heavy atom. The van der Waals surface area contributed by atoms with Gasteiger partial charge in [0.05, 0.1) is 11.0 Å². The van der Waals surface area contributed by atoms with Crippen LogP contribution in [-0.4, -0.2) is 35.0 Å². The van der Waals surface area contributed by atoms with Gasteiger partial charge < -0.3 is 4.90 Å². The van der Waals surface area contributed by atoms with E-state index in [-0.39, 0.29) is 0 Å². The van der Waals surface area contributed by atoms with Crippen LogP contribution in [0.5, 0.6) is 0 Å². The normalized spacial score (nSPS) is 27.4. The molecule has 1 fully saturated rings. The Morgan fingerprint density at radius 1 is 1.00 bits per heavy atom. The highest BCUT2D eigenvalue weighted by Crippen LogP contribution is 2.46. The first-order valence-corrected chi connectivity index (χ1v) is 6.24. The van der Waals surface area contributed by atoms with E-state index >= 15 is 0 Å². The number of likely N-dealkylation sites (tertiary alicyclic amines) is 1. The quantitative estimate of drug-likeness (QED) is 0.688. The molecule has 0 amide bonds. The van der Waals surface area contributed by atoms with Gasteiger partial charge in [-0.15, -0.1) is 0 Å². The van der Waals surface area contributed by atoms with Gasteiger partial charge in [0.2, 0.25) is 0 Å². The lowest BCUT2D eigenvalue weighted by Crippen LogP contribution is -2.31. The molecule has 3 heteroatoms. The molecule has 17 heavy (non-hydrogen) atoms. The third-order valence-corrected chi connectivity index (χ3v) is 4.19. The van der Waals surface area contributed by atoms with Crippen molar-refractivity contribution in [3.8, 4) is 0 Å². The van der Waals surface area contributed by atoms with Crippen LogP contribution in [0.25, 0.3) is 11.0 Å². The standard InChI is InChI=1S/C14H15N3/c1-17-7-9-4-10(8-17)12-6-14-13(5-11(9)12)15-2-3-16-14/h2-3,5-6,9-10H,4,7-8H2,1H3/t9-,10?/m1/s1. The monoisotopic (exact) mass is 225 g/mol. The van der Waals surface area contributed by atoms with E-state index in [9.17, 15) is 0 Å². The van der Waals surface area contributed by atoms with Crippen LogP contribution in [0.4, 0.5) is 0 Å². The Morgan fingerprint density at radius 2 is 1.53 bits per heavy atom. The third kappa shape index (κ3) is 1.32. The highest BCUT2D eigenvalue weighted by atomic mass is 15.1. The van der Waals surface area contributed by atoms with E-state index in [1.54, 1.807) is 12.4 Å². The van der Waals surface area contributed by atoms with Crippen molar-refractivity contribution >= 4 is 11.0 Å². The second-order valence-corrected chi connectivity index (χ2v) is 5.38. The van der Waals surface area contributed by atoms with Gasteiger partial charge in [-0.2, -0.15) is 0 Å². The number of hydrogen-bond acceptors (Lipinski definition) is 3. The average Bonchev–Trinajstić information content (AvgIpc) is 2.59. The first kappa shape index (κ1) is 9.54. The molecular formula is C14H15N3. The number of rotatable bonds is 0. The average molecular weight is 225 g/mol. The first-order valence-electron chi connectivity index (χ1n) is 6.24. The first-order chi connectivity index (χ1) is 8.31. The molecule has 1 aliphatic carbocycles. The third-order valence-electron chi connectivity index (χ3n) is 4.19. The largest absolute Gasteiger partial charge is 0.305 e. The minimum Gasteiger partial charge on any atom is -0.305 e. The molecule has 2 atom stereocenters. The van der Waals surface area contributed by atoms with Gasteiger partial charge in [0.25, 0.3) is 0 Å². The van der Waals surface area contributed by atoms with Gasteiger partial charge in [0, 0.05) is 25.5 Å². The zero-order chi connectivity index (χ0) is 11.4. The van der Waals surface area contributed by atoms with E-state index in [0.717, 1.165) is 11.0 Å². The van der Waals surface area contributed by atoms with Crippen molar-refractivity contribution in [2.45, 2.75) is 18.3 Å². The van der Waals surface area contributed by atoms with Crippen molar-refractivity contribution < 1.29 is 0 Å². The summed E-state index contributed by atoms with van der Waals surface area (Å²) in [5, 5.41) is 0. The number of hydrogen-bond donors (Lipinski definition) is 0. The Labute approximate surface area is 100 Å². The molecule has 2 aliphatic rings. The van der Waals surface area contributed by atoms with Crippen molar-refractivity contribution in [2.75, 3.05) is 20.1 Å². The second kappa shape index (κ2) is 3.26. The molecule has 2 heterocycles. The molecule has 3 nitrogen and oxygen atoms in total. The van der Waals surface area contributed by atoms with Gasteiger partial charge in [0.15, 0.2) is 0 Å². The fourth-order valence-corrected chi connectivity index (χ4v) is 3.52. The Hall–Kier alpha value is -1.48. The maximum Gasteiger partial charge on any atom is 0.0889 e. The molecule has 4 rings (SSSR count). The van der Waals surface area contributed by atoms with Crippen molar-refractivity contribution in [1.82, 2.24) is 14.9 Å². The van der Waals surface area contributed by atoms with Gasteiger partial charge >= 0.3 is 0 Å². The van der Waals surface area contributed by atoms with Crippen molar-refractivity contribution in [1.29, 1.82) is 0 Å². The van der Waals surface area contributed by atoms with E-state index in [4.69, 9.17) is 0 Å². The summed E-state index contributed by atoms with van der Waals surface area (Å²) < 4.78 is 0. The lowest BCUT2D eigenvalue weighted by atomic mass is 9.96. The van der Waals surface area contributed by atoms with Gasteiger partial charge in [-0.05, 0) is 48.6 Å². The zero-order valence-electron chi connectivity index (χ0n) is 9.93. The van der Waals surface area contributed by atoms with Crippen LogP contribution in [-0.2, 0) is 0 Å². The number of nitrogens with zero attached hydrogens (tertiary/aromatic N) is 3. The highest BCUT2D eigenvalue weighted by Gasteiger charge is 2.36. The Kier molecular flexibility index (Phi) is 1.83. The number of benzene rings is 1. The van der Waals surface area contributed by atoms with E-state index in [0.29, 0.717) is 11.8 Å². The summed E-state index contributed by atoms with van der Waals surface area (Å²) in [7, 11) is 2.22. The maximum atomic E-state index is 4.42. The van der Waals surface area contributed by atoms with Gasteiger partial charge in [-0.3, -0.25) is 9.97 Å². The molecule has 0 saturated carbocycles. The molecule has 86 valence electrons. The summed E-state index contributed by atoms with van der Waals surface area (Å²) in [5.74, 6) is 1.42. The van der Waals surface area contributed by atoms with Gasteiger partial charge in [-0.1, -0.05) is 0 Å². The van der Waals surface area contributed by atoms with Crippen LogP contribution in [0, 0.1) is 0 Å². The summed E-state index contributed by atoms with van der Waals surface area (Å²) in [6.45, 7) is 2.38. The molecule has 0 spiro atoms. The molecule has 1 aromatic carbocycles. The topological polar surface area (TPSA) is 29.0 Å². The van der Waals surface area contributed by atoms with Crippen molar-refractivity contribution in [3.63, 3.8) is 0 Å². The molecule has 0 radical (unpaired) electrons. The second-order valence-electron chi connectivity index (χ2n) is 5.38. The molecular weight excluding hydrogens is 210 g/mol. The Bertz CT molecular complexity index is 543. The fraction of sp³-hybridized carbons (Fsp3) is 0.429. The van der Waals surface area contributed by atoms with Crippen LogP contribution in [0.3, 0.4) is 0 Å². The van der Waals surface area contributed by atoms with Gasteiger partial charge in [0.1, 0.15) is 0 Å². The van der Waals surface area contributed by atoms with Crippen LogP contribution in [0.2, 0.25) is 0 Å². The molecule has 1 aliphatic heterocycles. The zero-order valence-corrected chi connectivity index (χ0v) is 9.93. The number of likely N-dealkylation sites (N-methyl/N-ethyl adjacent to an activating group) is 1. The smallest absolute Gasteiger partial charge is 0.0889 e. The summed E-state index contributed by atoms with van der Waals surface area (Å²) in [4.78, 5) is 11.3. The summed E-state index contributed by atoms with van der Waals surface area (Å²) >= 11 is 0. The number of piperidine rings is 1. The highest BCUT2D eigenvalue weighted by molar-refractivity contribution is 5.77. The molecule has 1 saturated heterocycles. The van der Waals surface area contributed by atoms with Crippen molar-refractivity contribution in [3.05, 3.63) is 35.7 Å². The van der Waals surface area contributed by atoms with E-state index in [2.05, 4.69) is 34.0 Å². The summed E-state index contributed by atoms with van der Waals surface area (Å²) in [6.07, 6.45) is 4.87. The molecule has 0 N–H and O–H groups in total. The minimum atomic E-state index is 0.708. The lowest BCUT2D eigenvalue weighted by Gasteiger charge is -2.28. The lowest BCUT2D eigenvalue weighted by molar-refractivity contribution is 0.245. The molecule has 1 aromatic heterocycles. The van der Waals surface area contributed by atoms with E-state index in [1.807, 2.05) is 0 Å².